The van der Waals surface area contributed by atoms with E-state index in [2.05, 4.69) is 71.7 Å². The normalized spacial score (nSPS) is 21.3. The molecule has 45 heavy (non-hydrogen) atoms. The molecule has 4 bridgehead atoms. The summed E-state index contributed by atoms with van der Waals surface area (Å²) in [4.78, 5) is 30.2. The number of sulfonamides is 1. The number of aromatic nitrogens is 3. The fourth-order valence-electron chi connectivity index (χ4n) is 6.72. The Hall–Kier alpha value is -4.05. The largest absolute Gasteiger partial charge is 0.367 e. The lowest BCUT2D eigenvalue weighted by Crippen LogP contribution is -2.41. The SMILES string of the molecule is Cc1cccc2cc3c(nc12)N1C[C@@H](CCC(Cc2cc(C(C)(C)C)ccn2)Nc2cccc(n2)S(=O)(=O)NC3=O)CC1(C)C. The van der Waals surface area contributed by atoms with Crippen LogP contribution in [0.3, 0.4) is 0 Å². The Morgan fingerprint density at radius 2 is 1.80 bits per heavy atom. The number of para-hydroxylation sites is 1. The second-order valence-electron chi connectivity index (χ2n) is 14.2. The summed E-state index contributed by atoms with van der Waals surface area (Å²) in [7, 11) is -4.28. The van der Waals surface area contributed by atoms with E-state index in [0.717, 1.165) is 41.4 Å². The highest BCUT2D eigenvalue weighted by atomic mass is 32.2. The molecule has 1 saturated heterocycles. The Morgan fingerprint density at radius 1 is 1.02 bits per heavy atom. The van der Waals surface area contributed by atoms with E-state index in [0.29, 0.717) is 30.5 Å². The van der Waals surface area contributed by atoms with Crippen molar-refractivity contribution in [3.05, 3.63) is 83.2 Å². The molecule has 0 radical (unpaired) electrons. The van der Waals surface area contributed by atoms with Gasteiger partial charge in [-0.1, -0.05) is 45.0 Å². The fourth-order valence-corrected chi connectivity index (χ4v) is 7.65. The lowest BCUT2D eigenvalue weighted by atomic mass is 9.86. The smallest absolute Gasteiger partial charge is 0.281 e. The molecule has 1 amide bonds. The quantitative estimate of drug-likeness (QED) is 0.271. The van der Waals surface area contributed by atoms with E-state index in [-0.39, 0.29) is 27.6 Å². The van der Waals surface area contributed by atoms with Crippen LogP contribution in [0.5, 0.6) is 0 Å². The number of nitrogens with zero attached hydrogens (tertiary/aromatic N) is 4. The van der Waals surface area contributed by atoms with Crippen LogP contribution in [-0.2, 0) is 21.9 Å². The first kappa shape index (κ1) is 31.0. The van der Waals surface area contributed by atoms with E-state index in [1.807, 2.05) is 31.3 Å². The van der Waals surface area contributed by atoms with Crippen molar-refractivity contribution in [3.63, 3.8) is 0 Å². The Bertz CT molecular complexity index is 1880. The lowest BCUT2D eigenvalue weighted by molar-refractivity contribution is 0.0981. The van der Waals surface area contributed by atoms with Gasteiger partial charge in [0, 0.05) is 41.8 Å². The maximum atomic E-state index is 13.8. The Morgan fingerprint density at radius 3 is 2.58 bits per heavy atom. The number of hydrogen-bond acceptors (Lipinski definition) is 8. The summed E-state index contributed by atoms with van der Waals surface area (Å²) in [6, 6.07) is 16.6. The van der Waals surface area contributed by atoms with Crippen molar-refractivity contribution in [2.24, 2.45) is 5.92 Å². The van der Waals surface area contributed by atoms with Crippen LogP contribution in [0.2, 0.25) is 0 Å². The van der Waals surface area contributed by atoms with Crippen molar-refractivity contribution in [2.45, 2.75) is 89.2 Å². The van der Waals surface area contributed by atoms with E-state index in [4.69, 9.17) is 4.98 Å². The minimum Gasteiger partial charge on any atom is -0.367 e. The van der Waals surface area contributed by atoms with Crippen LogP contribution in [0.1, 0.15) is 81.1 Å². The highest BCUT2D eigenvalue weighted by molar-refractivity contribution is 7.90. The van der Waals surface area contributed by atoms with Crippen LogP contribution < -0.4 is 14.9 Å². The van der Waals surface area contributed by atoms with Crippen molar-refractivity contribution in [3.8, 4) is 0 Å². The van der Waals surface area contributed by atoms with Crippen LogP contribution >= 0.6 is 0 Å². The summed E-state index contributed by atoms with van der Waals surface area (Å²) in [5.41, 5.74) is 3.92. The second-order valence-corrected chi connectivity index (χ2v) is 15.8. The average Bonchev–Trinajstić information content (AvgIpc) is 3.28. The number of aryl methyl sites for hydroxylation is 1. The topological polar surface area (TPSA) is 117 Å². The average molecular weight is 627 g/mol. The van der Waals surface area contributed by atoms with E-state index < -0.39 is 15.9 Å². The van der Waals surface area contributed by atoms with Gasteiger partial charge in [0.05, 0.1) is 11.1 Å². The van der Waals surface area contributed by atoms with Crippen LogP contribution in [0.4, 0.5) is 11.6 Å². The minimum atomic E-state index is -4.28. The molecule has 2 aliphatic heterocycles. The molecule has 1 fully saturated rings. The van der Waals surface area contributed by atoms with Gasteiger partial charge in [-0.25, -0.2) is 14.7 Å². The van der Waals surface area contributed by atoms with Gasteiger partial charge in [0.15, 0.2) is 5.03 Å². The van der Waals surface area contributed by atoms with Gasteiger partial charge in [0.2, 0.25) is 0 Å². The molecule has 9 nitrogen and oxygen atoms in total. The molecule has 5 heterocycles. The zero-order valence-electron chi connectivity index (χ0n) is 26.9. The summed E-state index contributed by atoms with van der Waals surface area (Å²) in [6.45, 7) is 13.6. The lowest BCUT2D eigenvalue weighted by Gasteiger charge is -2.34. The number of carbonyl (C=O) groups excluding carboxylic acids is 1. The molecule has 2 atom stereocenters. The molecule has 10 heteroatoms. The van der Waals surface area contributed by atoms with E-state index in [1.54, 1.807) is 18.2 Å². The molecule has 3 aromatic heterocycles. The van der Waals surface area contributed by atoms with Crippen molar-refractivity contribution in [1.82, 2.24) is 19.7 Å². The number of fused-ring (bicyclic) bond motifs is 7. The van der Waals surface area contributed by atoms with Gasteiger partial charge in [-0.2, -0.15) is 8.42 Å². The fraction of sp³-hybridized carbons (Fsp3) is 0.429. The van der Waals surface area contributed by atoms with Crippen LogP contribution in [-0.4, -0.2) is 47.4 Å². The molecule has 4 aromatic rings. The highest BCUT2D eigenvalue weighted by Crippen LogP contribution is 2.41. The number of amides is 1. The number of nitrogens with one attached hydrogen (secondary N) is 2. The molecule has 1 aromatic carbocycles. The molecule has 1 unspecified atom stereocenters. The van der Waals surface area contributed by atoms with Gasteiger partial charge >= 0.3 is 0 Å². The molecule has 0 spiro atoms. The Labute approximate surface area is 265 Å². The predicted molar refractivity (Wildman–Crippen MR) is 178 cm³/mol. The van der Waals surface area contributed by atoms with Gasteiger partial charge in [-0.15, -0.1) is 0 Å². The number of benzene rings is 1. The standard InChI is InChI=1S/C35H42N6O3S/c1-22-9-7-10-24-17-28-32(39-31(22)24)41-21-23(20-35(41,5)6)13-14-26(19-27-18-25(15-16-36-27)34(2,3)4)37-29-11-8-12-30(38-29)45(43,44)40-33(28)42/h7-12,15-18,23,26H,13-14,19-21H2,1-6H3,(H,37,38)(H,40,42)/t23-,26?/m0/s1. The maximum Gasteiger partial charge on any atom is 0.281 e. The maximum absolute atomic E-state index is 13.8. The van der Waals surface area contributed by atoms with Crippen molar-refractivity contribution < 1.29 is 13.2 Å². The molecule has 0 aliphatic carbocycles. The van der Waals surface area contributed by atoms with Gasteiger partial charge in [0.1, 0.15) is 11.6 Å². The third-order valence-electron chi connectivity index (χ3n) is 9.13. The Balaban J connectivity index is 1.43. The van der Waals surface area contributed by atoms with Gasteiger partial charge in [0.25, 0.3) is 15.9 Å². The zero-order valence-corrected chi connectivity index (χ0v) is 27.7. The van der Waals surface area contributed by atoms with E-state index in [9.17, 15) is 13.2 Å². The van der Waals surface area contributed by atoms with Crippen LogP contribution in [0, 0.1) is 12.8 Å². The number of hydrogen-bond donors (Lipinski definition) is 2. The molecule has 0 saturated carbocycles. The number of anilines is 2. The molecular weight excluding hydrogens is 584 g/mol. The predicted octanol–water partition coefficient (Wildman–Crippen LogP) is 6.17. The molecule has 2 N–H and O–H groups in total. The van der Waals surface area contributed by atoms with E-state index in [1.165, 1.54) is 11.6 Å². The molecule has 236 valence electrons. The third kappa shape index (κ3) is 6.38. The van der Waals surface area contributed by atoms with Crippen LogP contribution in [0.25, 0.3) is 10.9 Å². The van der Waals surface area contributed by atoms with Crippen molar-refractivity contribution in [1.29, 1.82) is 0 Å². The first-order valence-electron chi connectivity index (χ1n) is 15.6. The van der Waals surface area contributed by atoms with Crippen molar-refractivity contribution >= 4 is 38.5 Å². The minimum absolute atomic E-state index is 0.00531. The second kappa shape index (κ2) is 11.4. The highest BCUT2D eigenvalue weighted by Gasteiger charge is 2.41. The van der Waals surface area contributed by atoms with Gasteiger partial charge < -0.3 is 10.2 Å². The summed E-state index contributed by atoms with van der Waals surface area (Å²) in [5.74, 6) is 0.565. The summed E-state index contributed by atoms with van der Waals surface area (Å²) < 4.78 is 29.4. The molecular formula is C35H42N6O3S. The van der Waals surface area contributed by atoms with Gasteiger partial charge in [-0.05, 0) is 92.8 Å². The van der Waals surface area contributed by atoms with Gasteiger partial charge in [-0.3, -0.25) is 9.78 Å². The Kier molecular flexibility index (Phi) is 7.83. The summed E-state index contributed by atoms with van der Waals surface area (Å²) >= 11 is 0. The van der Waals surface area contributed by atoms with Crippen molar-refractivity contribution in [2.75, 3.05) is 16.8 Å². The number of pyridine rings is 3. The first-order valence-corrected chi connectivity index (χ1v) is 17.1. The number of carbonyl (C=O) groups is 1. The summed E-state index contributed by atoms with van der Waals surface area (Å²) in [6.07, 6.45) is 5.21. The first-order chi connectivity index (χ1) is 21.2. The molecule has 6 rings (SSSR count). The number of rotatable bonds is 2. The zero-order chi connectivity index (χ0) is 32.1. The molecule has 2 aliphatic rings. The third-order valence-corrected chi connectivity index (χ3v) is 10.4. The summed E-state index contributed by atoms with van der Waals surface area (Å²) in [5, 5.41) is 4.07. The van der Waals surface area contributed by atoms with Crippen LogP contribution in [0.15, 0.2) is 65.8 Å². The monoisotopic (exact) mass is 626 g/mol. The van der Waals surface area contributed by atoms with E-state index >= 15 is 0 Å².